The fourth-order valence-corrected chi connectivity index (χ4v) is 1.50. The Hall–Kier alpha value is -3.22. The third kappa shape index (κ3) is 7.19. The van der Waals surface area contributed by atoms with Gasteiger partial charge in [0.15, 0.2) is 16.3 Å². The first-order valence-electron chi connectivity index (χ1n) is 7.41. The van der Waals surface area contributed by atoms with Crippen LogP contribution in [0.25, 0.3) is 0 Å². The molecule has 3 radical (unpaired) electrons. The largest absolute Gasteiger partial charge is 0.868 e. The molecule has 0 spiro atoms. The summed E-state index contributed by atoms with van der Waals surface area (Å²) < 4.78 is 13.9. The van der Waals surface area contributed by atoms with E-state index in [0.717, 1.165) is 18.2 Å². The van der Waals surface area contributed by atoms with Crippen molar-refractivity contribution in [1.82, 2.24) is 0 Å². The topological polar surface area (TPSA) is 160 Å². The molecule has 3 rings (SSSR count). The lowest BCUT2D eigenvalue weighted by atomic mass is 10.4. The van der Waals surface area contributed by atoms with Crippen LogP contribution in [-0.4, -0.2) is 17.4 Å². The van der Waals surface area contributed by atoms with Crippen LogP contribution in [0.15, 0.2) is 64.6 Å². The SMILES string of the molecule is Cc1occc(=O)c1[O-].Cc1occc(=O)c1[O-].Cc1occc(=O)c1[O-].[Al]. The molecule has 0 aromatic carbocycles. The van der Waals surface area contributed by atoms with Gasteiger partial charge in [-0.3, -0.25) is 14.4 Å². The minimum atomic E-state index is -0.558. The average Bonchev–Trinajstić information content (AvgIpc) is 2.63. The van der Waals surface area contributed by atoms with E-state index in [-0.39, 0.29) is 34.6 Å². The highest BCUT2D eigenvalue weighted by atomic mass is 27.0. The Bertz CT molecular complexity index is 927. The van der Waals surface area contributed by atoms with Crippen LogP contribution < -0.4 is 31.6 Å². The summed E-state index contributed by atoms with van der Waals surface area (Å²) in [6.07, 6.45) is 3.62. The van der Waals surface area contributed by atoms with Crippen molar-refractivity contribution in [3.8, 4) is 17.2 Å². The third-order valence-corrected chi connectivity index (χ3v) is 3.02. The van der Waals surface area contributed by atoms with Crippen molar-refractivity contribution in [3.05, 3.63) is 84.9 Å². The minimum absolute atomic E-state index is 0. The first kappa shape index (κ1) is 24.8. The predicted octanol–water partition coefficient (Wildman–Crippen LogP) is -0.315. The van der Waals surface area contributed by atoms with Gasteiger partial charge >= 0.3 is 0 Å². The minimum Gasteiger partial charge on any atom is -0.868 e. The number of rotatable bonds is 0. The summed E-state index contributed by atoms with van der Waals surface area (Å²) >= 11 is 0. The van der Waals surface area contributed by atoms with E-state index < -0.39 is 33.5 Å². The van der Waals surface area contributed by atoms with Crippen LogP contribution in [0.4, 0.5) is 0 Å². The van der Waals surface area contributed by atoms with Crippen LogP contribution in [0.3, 0.4) is 0 Å². The quantitative estimate of drug-likeness (QED) is 0.459. The van der Waals surface area contributed by atoms with Crippen LogP contribution in [0.2, 0.25) is 0 Å². The first-order chi connectivity index (χ1) is 12.6. The van der Waals surface area contributed by atoms with Gasteiger partial charge in [0, 0.05) is 35.6 Å². The van der Waals surface area contributed by atoms with E-state index in [0.29, 0.717) is 0 Å². The van der Waals surface area contributed by atoms with Gasteiger partial charge in [0.2, 0.25) is 0 Å². The van der Waals surface area contributed by atoms with Crippen molar-refractivity contribution in [2.75, 3.05) is 0 Å². The summed E-state index contributed by atoms with van der Waals surface area (Å²) in [5, 5.41) is 31.7. The molecule has 0 atom stereocenters. The molecule has 0 bridgehead atoms. The molecule has 3 aromatic rings. The molecule has 9 nitrogen and oxygen atoms in total. The Morgan fingerprint density at radius 2 is 0.786 bits per heavy atom. The summed E-state index contributed by atoms with van der Waals surface area (Å²) in [5.74, 6) is -1.25. The maximum atomic E-state index is 10.6. The van der Waals surface area contributed by atoms with Crippen molar-refractivity contribution < 1.29 is 28.6 Å². The average molecular weight is 402 g/mol. The lowest BCUT2D eigenvalue weighted by molar-refractivity contribution is -0.273. The van der Waals surface area contributed by atoms with E-state index in [4.69, 9.17) is 0 Å². The van der Waals surface area contributed by atoms with Gasteiger partial charge in [-0.05, 0) is 38.0 Å². The van der Waals surface area contributed by atoms with Crippen molar-refractivity contribution >= 4 is 17.4 Å². The van der Waals surface area contributed by atoms with Gasteiger partial charge in [-0.1, -0.05) is 0 Å². The molecule has 0 aliphatic rings. The van der Waals surface area contributed by atoms with Crippen molar-refractivity contribution in [2.45, 2.75) is 20.8 Å². The van der Waals surface area contributed by atoms with Crippen LogP contribution in [-0.2, 0) is 0 Å². The Kier molecular flexibility index (Phi) is 10.2. The summed E-state index contributed by atoms with van der Waals surface area (Å²) in [4.78, 5) is 31.4. The van der Waals surface area contributed by atoms with Crippen molar-refractivity contribution in [3.63, 3.8) is 0 Å². The second-order valence-corrected chi connectivity index (χ2v) is 5.01. The molecule has 0 N–H and O–H groups in total. The lowest BCUT2D eigenvalue weighted by Gasteiger charge is -2.03. The zero-order valence-corrected chi connectivity index (χ0v) is 16.4. The molecule has 0 saturated carbocycles. The molecule has 0 aliphatic heterocycles. The molecule has 3 heterocycles. The summed E-state index contributed by atoms with van der Waals surface area (Å²) in [7, 11) is 0. The number of hydrogen-bond acceptors (Lipinski definition) is 9. The Morgan fingerprint density at radius 1 is 0.571 bits per heavy atom. The first-order valence-corrected chi connectivity index (χ1v) is 7.41. The van der Waals surface area contributed by atoms with E-state index in [2.05, 4.69) is 13.3 Å². The highest BCUT2D eigenvalue weighted by molar-refractivity contribution is 5.75. The molecule has 3 aromatic heterocycles. The van der Waals surface area contributed by atoms with E-state index in [1.54, 1.807) is 0 Å². The maximum absolute atomic E-state index is 10.6. The van der Waals surface area contributed by atoms with E-state index in [1.165, 1.54) is 39.6 Å². The molecule has 0 saturated heterocycles. The Balaban J connectivity index is 0.000000384. The van der Waals surface area contributed by atoms with Gasteiger partial charge in [0.05, 0.1) is 36.1 Å². The van der Waals surface area contributed by atoms with E-state index in [1.807, 2.05) is 0 Å². The van der Waals surface area contributed by atoms with Crippen LogP contribution in [0.5, 0.6) is 17.2 Å². The van der Waals surface area contributed by atoms with E-state index in [9.17, 15) is 29.7 Å². The van der Waals surface area contributed by atoms with Gasteiger partial charge < -0.3 is 28.6 Å². The zero-order chi connectivity index (χ0) is 20.6. The van der Waals surface area contributed by atoms with Crippen LogP contribution >= 0.6 is 0 Å². The lowest BCUT2D eigenvalue weighted by Crippen LogP contribution is -2.08. The van der Waals surface area contributed by atoms with Crippen molar-refractivity contribution in [1.29, 1.82) is 0 Å². The molecule has 10 heteroatoms. The van der Waals surface area contributed by atoms with Gasteiger partial charge in [0.25, 0.3) is 0 Å². The highest BCUT2D eigenvalue weighted by Gasteiger charge is 1.90. The van der Waals surface area contributed by atoms with Gasteiger partial charge in [0.1, 0.15) is 0 Å². The normalized spacial score (nSPS) is 9.11. The molecular weight excluding hydrogens is 387 g/mol. The predicted molar refractivity (Wildman–Crippen MR) is 93.2 cm³/mol. The van der Waals surface area contributed by atoms with Gasteiger partial charge in [-0.15, -0.1) is 0 Å². The highest BCUT2D eigenvalue weighted by Crippen LogP contribution is 2.03. The van der Waals surface area contributed by atoms with Crippen LogP contribution in [0.1, 0.15) is 17.3 Å². The van der Waals surface area contributed by atoms with Crippen molar-refractivity contribution in [2.24, 2.45) is 0 Å². The number of aryl methyl sites for hydroxylation is 3. The number of hydrogen-bond donors (Lipinski definition) is 0. The smallest absolute Gasteiger partial charge is 0.177 e. The van der Waals surface area contributed by atoms with Gasteiger partial charge in [-0.25, -0.2) is 0 Å². The molecule has 0 unspecified atom stereocenters. The Morgan fingerprint density at radius 3 is 0.929 bits per heavy atom. The molecular formula is C18H15AlO9-3. The molecule has 28 heavy (non-hydrogen) atoms. The van der Waals surface area contributed by atoms with Crippen LogP contribution in [0, 0.1) is 20.8 Å². The zero-order valence-electron chi connectivity index (χ0n) is 15.2. The molecule has 0 fully saturated rings. The second-order valence-electron chi connectivity index (χ2n) is 5.01. The van der Waals surface area contributed by atoms with E-state index >= 15 is 0 Å². The summed E-state index contributed by atoms with van der Waals surface area (Å²) in [5.41, 5.74) is -1.55. The molecule has 0 aliphatic carbocycles. The fourth-order valence-electron chi connectivity index (χ4n) is 1.50. The van der Waals surface area contributed by atoms with Gasteiger partial charge in [-0.2, -0.15) is 0 Å². The fraction of sp³-hybridized carbons (Fsp3) is 0.167. The monoisotopic (exact) mass is 402 g/mol. The maximum Gasteiger partial charge on any atom is 0.177 e. The third-order valence-electron chi connectivity index (χ3n) is 3.02. The molecule has 147 valence electrons. The second kappa shape index (κ2) is 11.5. The Labute approximate surface area is 169 Å². The summed E-state index contributed by atoms with van der Waals surface area (Å²) in [6, 6.07) is 3.32. The summed E-state index contributed by atoms with van der Waals surface area (Å²) in [6.45, 7) is 4.39. The molecule has 0 amide bonds. The standard InChI is InChI=1S/3C6H6O3.Al/c3*1-4-6(8)5(7)2-3-9-4;/h3*2-3,8H,1H3;/p-3.